The van der Waals surface area contributed by atoms with Gasteiger partial charge in [0.2, 0.25) is 11.8 Å². The molecular weight excluding hydrogens is 402 g/mol. The molecule has 29 heavy (non-hydrogen) atoms. The van der Waals surface area contributed by atoms with E-state index in [9.17, 15) is 18.4 Å². The molecule has 2 fully saturated rings. The molecular formula is C20H21ClF2N4O2. The molecule has 2 aliphatic rings. The number of aromatic nitrogens is 1. The molecule has 1 aromatic carbocycles. The molecule has 3 heterocycles. The molecule has 154 valence electrons. The van der Waals surface area contributed by atoms with Gasteiger partial charge in [0, 0.05) is 51.1 Å². The average Bonchev–Trinajstić information content (AvgIpc) is 3.09. The first kappa shape index (κ1) is 21.1. The predicted molar refractivity (Wildman–Crippen MR) is 106 cm³/mol. The number of carbonyl (C=O) groups excluding carboxylic acids is 2. The van der Waals surface area contributed by atoms with E-state index in [2.05, 4.69) is 10.3 Å². The summed E-state index contributed by atoms with van der Waals surface area (Å²) in [5.41, 5.74) is 0.930. The number of rotatable bonds is 3. The van der Waals surface area contributed by atoms with Gasteiger partial charge in [0.05, 0.1) is 17.6 Å². The lowest BCUT2D eigenvalue weighted by Gasteiger charge is -2.37. The molecule has 4 rings (SSSR count). The lowest BCUT2D eigenvalue weighted by atomic mass is 10.0. The highest BCUT2D eigenvalue weighted by atomic mass is 35.5. The summed E-state index contributed by atoms with van der Waals surface area (Å²) in [5, 5.41) is 3.28. The van der Waals surface area contributed by atoms with Crippen molar-refractivity contribution < 1.29 is 18.4 Å². The molecule has 0 bridgehead atoms. The third-order valence-electron chi connectivity index (χ3n) is 5.27. The second-order valence-electron chi connectivity index (χ2n) is 7.04. The van der Waals surface area contributed by atoms with Crippen molar-refractivity contribution in [2.45, 2.75) is 12.5 Å². The van der Waals surface area contributed by atoms with Crippen LogP contribution in [-0.4, -0.2) is 47.9 Å². The minimum atomic E-state index is -0.808. The van der Waals surface area contributed by atoms with Crippen LogP contribution in [-0.2, 0) is 9.59 Å². The van der Waals surface area contributed by atoms with Crippen LogP contribution in [0.4, 0.5) is 14.5 Å². The molecule has 2 aliphatic heterocycles. The molecule has 6 nitrogen and oxygen atoms in total. The topological polar surface area (TPSA) is 65.5 Å². The average molecular weight is 423 g/mol. The first-order valence-corrected chi connectivity index (χ1v) is 9.21. The highest BCUT2D eigenvalue weighted by molar-refractivity contribution is 6.00. The summed E-state index contributed by atoms with van der Waals surface area (Å²) in [4.78, 5) is 32.8. The summed E-state index contributed by atoms with van der Waals surface area (Å²) in [6, 6.07) is 6.66. The molecule has 2 unspecified atom stereocenters. The van der Waals surface area contributed by atoms with Gasteiger partial charge in [-0.1, -0.05) is 6.07 Å². The maximum absolute atomic E-state index is 14.1. The highest BCUT2D eigenvalue weighted by Crippen LogP contribution is 2.31. The zero-order chi connectivity index (χ0) is 19.7. The summed E-state index contributed by atoms with van der Waals surface area (Å²) >= 11 is 0. The first-order chi connectivity index (χ1) is 13.5. The van der Waals surface area contributed by atoms with Crippen LogP contribution >= 0.6 is 12.4 Å². The maximum atomic E-state index is 14.1. The third kappa shape index (κ3) is 4.23. The maximum Gasteiger partial charge on any atom is 0.228 e. The zero-order valence-electron chi connectivity index (χ0n) is 15.6. The van der Waals surface area contributed by atoms with Gasteiger partial charge in [0.1, 0.15) is 11.6 Å². The van der Waals surface area contributed by atoms with Crippen molar-refractivity contribution in [2.24, 2.45) is 5.92 Å². The van der Waals surface area contributed by atoms with Crippen molar-refractivity contribution in [3.63, 3.8) is 0 Å². The number of halogens is 3. The molecule has 1 N–H and O–H groups in total. The largest absolute Gasteiger partial charge is 0.333 e. The van der Waals surface area contributed by atoms with E-state index in [1.165, 1.54) is 11.0 Å². The van der Waals surface area contributed by atoms with Crippen LogP contribution in [0.25, 0.3) is 0 Å². The van der Waals surface area contributed by atoms with Crippen LogP contribution in [0.2, 0.25) is 0 Å². The summed E-state index contributed by atoms with van der Waals surface area (Å²) in [6.45, 7) is 1.88. The van der Waals surface area contributed by atoms with E-state index in [0.29, 0.717) is 19.6 Å². The first-order valence-electron chi connectivity index (χ1n) is 9.21. The van der Waals surface area contributed by atoms with Gasteiger partial charge in [0.15, 0.2) is 0 Å². The molecule has 0 radical (unpaired) electrons. The highest BCUT2D eigenvalue weighted by Gasteiger charge is 2.40. The Balaban J connectivity index is 0.00000240. The minimum Gasteiger partial charge on any atom is -0.333 e. The Bertz CT molecular complexity index is 899. The smallest absolute Gasteiger partial charge is 0.228 e. The van der Waals surface area contributed by atoms with E-state index in [-0.39, 0.29) is 48.9 Å². The van der Waals surface area contributed by atoms with Crippen LogP contribution in [0.3, 0.4) is 0 Å². The van der Waals surface area contributed by atoms with E-state index < -0.39 is 17.6 Å². The second kappa shape index (κ2) is 8.84. The molecule has 9 heteroatoms. The van der Waals surface area contributed by atoms with Gasteiger partial charge in [-0.15, -0.1) is 12.4 Å². The van der Waals surface area contributed by atoms with Crippen LogP contribution in [0.1, 0.15) is 18.0 Å². The van der Waals surface area contributed by atoms with Crippen molar-refractivity contribution in [1.82, 2.24) is 15.2 Å². The van der Waals surface area contributed by atoms with Gasteiger partial charge in [-0.25, -0.2) is 8.78 Å². The number of benzene rings is 1. The Morgan fingerprint density at radius 3 is 2.79 bits per heavy atom. The fraction of sp³-hybridized carbons (Fsp3) is 0.350. The molecule has 0 saturated carbocycles. The van der Waals surface area contributed by atoms with Crippen molar-refractivity contribution in [3.8, 4) is 0 Å². The number of amides is 2. The lowest BCUT2D eigenvalue weighted by Crippen LogP contribution is -2.50. The fourth-order valence-electron chi connectivity index (χ4n) is 3.88. The number of nitrogens with zero attached hydrogens (tertiary/aromatic N) is 3. The number of nitrogens with one attached hydrogen (secondary N) is 1. The number of piperazine rings is 1. The number of pyridine rings is 1. The van der Waals surface area contributed by atoms with Crippen LogP contribution in [0.15, 0.2) is 42.7 Å². The Kier molecular flexibility index (Phi) is 6.44. The van der Waals surface area contributed by atoms with E-state index in [4.69, 9.17) is 0 Å². The summed E-state index contributed by atoms with van der Waals surface area (Å²) in [6.07, 6.45) is 3.42. The van der Waals surface area contributed by atoms with E-state index in [1.54, 1.807) is 17.3 Å². The van der Waals surface area contributed by atoms with Gasteiger partial charge in [-0.05, 0) is 23.8 Å². The number of hydrogen-bond donors (Lipinski definition) is 1. The monoisotopic (exact) mass is 422 g/mol. The molecule has 2 amide bonds. The van der Waals surface area contributed by atoms with Gasteiger partial charge in [-0.2, -0.15) is 0 Å². The van der Waals surface area contributed by atoms with Crippen LogP contribution < -0.4 is 10.2 Å². The fourth-order valence-corrected chi connectivity index (χ4v) is 3.88. The van der Waals surface area contributed by atoms with Gasteiger partial charge >= 0.3 is 0 Å². The van der Waals surface area contributed by atoms with Crippen LogP contribution in [0, 0.1) is 17.6 Å². The van der Waals surface area contributed by atoms with Gasteiger partial charge in [-0.3, -0.25) is 14.6 Å². The molecule has 1 aromatic heterocycles. The predicted octanol–water partition coefficient (Wildman–Crippen LogP) is 2.31. The van der Waals surface area contributed by atoms with E-state index in [0.717, 1.165) is 17.7 Å². The zero-order valence-corrected chi connectivity index (χ0v) is 16.4. The van der Waals surface area contributed by atoms with Crippen molar-refractivity contribution >= 4 is 29.9 Å². The van der Waals surface area contributed by atoms with E-state index in [1.807, 2.05) is 12.1 Å². The van der Waals surface area contributed by atoms with Gasteiger partial charge in [0.25, 0.3) is 0 Å². The van der Waals surface area contributed by atoms with E-state index >= 15 is 0 Å². The standard InChI is InChI=1S/C20H20F2N4O2.ClH/c21-15-3-4-17(16(22)9-15)26-12-14(8-19(26)27)20(28)25-7-6-24-11-18(25)13-2-1-5-23-10-13;/h1-5,9-10,14,18,24H,6-8,11-12H2;1H. The number of hydrogen-bond acceptors (Lipinski definition) is 4. The van der Waals surface area contributed by atoms with Crippen molar-refractivity contribution in [1.29, 1.82) is 0 Å². The normalized spacial score (nSPS) is 21.8. The molecule has 2 saturated heterocycles. The lowest BCUT2D eigenvalue weighted by molar-refractivity contribution is -0.139. The molecule has 0 aliphatic carbocycles. The summed E-state index contributed by atoms with van der Waals surface area (Å²) in [5.74, 6) is -2.54. The second-order valence-corrected chi connectivity index (χ2v) is 7.04. The minimum absolute atomic E-state index is 0. The Labute approximate surface area is 173 Å². The van der Waals surface area contributed by atoms with Crippen molar-refractivity contribution in [2.75, 3.05) is 31.1 Å². The third-order valence-corrected chi connectivity index (χ3v) is 5.27. The molecule has 0 spiro atoms. The van der Waals surface area contributed by atoms with Crippen molar-refractivity contribution in [3.05, 3.63) is 59.9 Å². The Hall–Kier alpha value is -2.58. The molecule has 2 atom stereocenters. The number of carbonyl (C=O) groups is 2. The SMILES string of the molecule is Cl.O=C1CC(C(=O)N2CCNCC2c2cccnc2)CN1c1ccc(F)cc1F. The quantitative estimate of drug-likeness (QED) is 0.824. The number of anilines is 1. The Morgan fingerprint density at radius 2 is 2.07 bits per heavy atom. The molecule has 2 aromatic rings. The Morgan fingerprint density at radius 1 is 1.24 bits per heavy atom. The summed E-state index contributed by atoms with van der Waals surface area (Å²) in [7, 11) is 0. The van der Waals surface area contributed by atoms with Crippen LogP contribution in [0.5, 0.6) is 0 Å². The summed E-state index contributed by atoms with van der Waals surface area (Å²) < 4.78 is 27.3. The van der Waals surface area contributed by atoms with Gasteiger partial charge < -0.3 is 15.1 Å².